The van der Waals surface area contributed by atoms with Crippen molar-refractivity contribution in [3.63, 3.8) is 0 Å². The van der Waals surface area contributed by atoms with Crippen LogP contribution in [0.5, 0.6) is 0 Å². The predicted molar refractivity (Wildman–Crippen MR) is 72.7 cm³/mol. The lowest BCUT2D eigenvalue weighted by molar-refractivity contribution is -0.111. The van der Waals surface area contributed by atoms with Crippen molar-refractivity contribution < 1.29 is 4.79 Å². The minimum Gasteiger partial charge on any atom is -0.308 e. The summed E-state index contributed by atoms with van der Waals surface area (Å²) >= 11 is 0. The predicted octanol–water partition coefficient (Wildman–Crippen LogP) is 0.226. The highest BCUT2D eigenvalue weighted by Gasteiger charge is 2.13. The van der Waals surface area contributed by atoms with Gasteiger partial charge in [-0.15, -0.1) is 0 Å². The SMILES string of the molecule is [B]c1c(NC(=O)C=C)nc(C(C)C)c([B])c1C. The third-order valence-electron chi connectivity index (χ3n) is 2.55. The van der Waals surface area contributed by atoms with Crippen LogP contribution in [-0.2, 0) is 4.79 Å². The van der Waals surface area contributed by atoms with Gasteiger partial charge in [-0.2, -0.15) is 0 Å². The molecule has 0 aliphatic heterocycles. The fraction of sp³-hybridized carbons (Fsp3) is 0.333. The zero-order chi connectivity index (χ0) is 13.2. The number of amides is 1. The van der Waals surface area contributed by atoms with E-state index in [9.17, 15) is 4.79 Å². The number of nitrogens with zero attached hydrogens (tertiary/aromatic N) is 1. The molecule has 0 saturated carbocycles. The van der Waals surface area contributed by atoms with Crippen molar-refractivity contribution in [2.75, 3.05) is 5.32 Å². The standard InChI is InChI=1S/C12H14B2N2O/c1-5-8(17)15-12-10(14)7(4)9(13)11(16-12)6(2)3/h5-6H,1H2,2-4H3,(H,15,16,17). The lowest BCUT2D eigenvalue weighted by Crippen LogP contribution is -2.30. The maximum absolute atomic E-state index is 11.3. The first-order chi connectivity index (χ1) is 7.88. The van der Waals surface area contributed by atoms with Crippen molar-refractivity contribution >= 4 is 38.3 Å². The van der Waals surface area contributed by atoms with E-state index < -0.39 is 0 Å². The fourth-order valence-electron chi connectivity index (χ4n) is 1.46. The van der Waals surface area contributed by atoms with Crippen molar-refractivity contribution in [2.24, 2.45) is 0 Å². The van der Waals surface area contributed by atoms with E-state index in [0.717, 1.165) is 11.3 Å². The molecule has 1 rings (SSSR count). The van der Waals surface area contributed by atoms with Crippen LogP contribution in [0.15, 0.2) is 12.7 Å². The molecule has 0 spiro atoms. The summed E-state index contributed by atoms with van der Waals surface area (Å²) in [6.07, 6.45) is 1.17. The van der Waals surface area contributed by atoms with E-state index in [1.165, 1.54) is 6.08 Å². The molecule has 5 heteroatoms. The Morgan fingerprint density at radius 1 is 1.41 bits per heavy atom. The van der Waals surface area contributed by atoms with Crippen molar-refractivity contribution in [2.45, 2.75) is 26.7 Å². The number of hydrogen-bond donors (Lipinski definition) is 1. The first kappa shape index (κ1) is 13.6. The number of pyridine rings is 1. The van der Waals surface area contributed by atoms with Crippen LogP contribution < -0.4 is 16.2 Å². The summed E-state index contributed by atoms with van der Waals surface area (Å²) in [6, 6.07) is 0. The van der Waals surface area contributed by atoms with Gasteiger partial charge in [0.15, 0.2) is 0 Å². The highest BCUT2D eigenvalue weighted by atomic mass is 16.1. The van der Waals surface area contributed by atoms with Crippen molar-refractivity contribution in [3.8, 4) is 0 Å². The van der Waals surface area contributed by atoms with Crippen molar-refractivity contribution in [3.05, 3.63) is 23.9 Å². The van der Waals surface area contributed by atoms with E-state index in [1.807, 2.05) is 20.8 Å². The molecule has 4 radical (unpaired) electrons. The molecular formula is C12H14B2N2O. The quantitative estimate of drug-likeness (QED) is 0.589. The number of aromatic nitrogens is 1. The van der Waals surface area contributed by atoms with Gasteiger partial charge in [-0.1, -0.05) is 36.9 Å². The fourth-order valence-corrected chi connectivity index (χ4v) is 1.46. The van der Waals surface area contributed by atoms with Gasteiger partial charge in [0.05, 0.1) is 0 Å². The average molecular weight is 224 g/mol. The zero-order valence-corrected chi connectivity index (χ0v) is 10.4. The van der Waals surface area contributed by atoms with Gasteiger partial charge in [0.1, 0.15) is 21.5 Å². The molecule has 1 aromatic heterocycles. The Balaban J connectivity index is 3.31. The van der Waals surface area contributed by atoms with Gasteiger partial charge in [0, 0.05) is 5.69 Å². The van der Waals surface area contributed by atoms with Gasteiger partial charge in [-0.3, -0.25) is 4.79 Å². The van der Waals surface area contributed by atoms with Gasteiger partial charge in [-0.25, -0.2) is 4.98 Å². The number of hydrogen-bond acceptors (Lipinski definition) is 2. The highest BCUT2D eigenvalue weighted by molar-refractivity contribution is 6.42. The minimum atomic E-state index is -0.344. The summed E-state index contributed by atoms with van der Waals surface area (Å²) in [5, 5.41) is 2.57. The molecule has 1 amide bonds. The number of carbonyl (C=O) groups is 1. The first-order valence-electron chi connectivity index (χ1n) is 5.37. The van der Waals surface area contributed by atoms with Crippen LogP contribution in [-0.4, -0.2) is 26.6 Å². The molecule has 1 heterocycles. The third-order valence-corrected chi connectivity index (χ3v) is 2.55. The number of rotatable bonds is 3. The molecule has 0 bridgehead atoms. The third kappa shape index (κ3) is 2.78. The van der Waals surface area contributed by atoms with Gasteiger partial charge >= 0.3 is 0 Å². The molecule has 0 saturated heterocycles. The van der Waals surface area contributed by atoms with E-state index in [4.69, 9.17) is 15.7 Å². The largest absolute Gasteiger partial charge is 0.308 e. The number of nitrogens with one attached hydrogen (secondary N) is 1. The number of anilines is 1. The second-order valence-corrected chi connectivity index (χ2v) is 4.15. The van der Waals surface area contributed by atoms with Crippen LogP contribution in [0, 0.1) is 6.92 Å². The highest BCUT2D eigenvalue weighted by Crippen LogP contribution is 2.12. The molecule has 0 aliphatic carbocycles. The topological polar surface area (TPSA) is 42.0 Å². The average Bonchev–Trinajstić information content (AvgIpc) is 2.29. The second kappa shape index (κ2) is 5.21. The van der Waals surface area contributed by atoms with Gasteiger partial charge in [0.2, 0.25) is 5.91 Å². The Bertz CT molecular complexity index is 470. The van der Waals surface area contributed by atoms with Crippen LogP contribution in [0.2, 0.25) is 0 Å². The van der Waals surface area contributed by atoms with E-state index in [2.05, 4.69) is 16.9 Å². The smallest absolute Gasteiger partial charge is 0.248 e. The Morgan fingerprint density at radius 3 is 2.47 bits per heavy atom. The molecule has 1 N–H and O–H groups in total. The summed E-state index contributed by atoms with van der Waals surface area (Å²) in [7, 11) is 11.8. The Morgan fingerprint density at radius 2 is 2.00 bits per heavy atom. The molecule has 3 nitrogen and oxygen atoms in total. The normalized spacial score (nSPS) is 10.4. The molecule has 0 unspecified atom stereocenters. The maximum Gasteiger partial charge on any atom is 0.248 e. The summed E-state index contributed by atoms with van der Waals surface area (Å²) in [5.41, 5.74) is 2.44. The Hall–Kier alpha value is -1.51. The summed E-state index contributed by atoms with van der Waals surface area (Å²) in [6.45, 7) is 9.15. The lowest BCUT2D eigenvalue weighted by Gasteiger charge is -2.18. The zero-order valence-electron chi connectivity index (χ0n) is 10.4. The van der Waals surface area contributed by atoms with E-state index in [-0.39, 0.29) is 11.8 Å². The van der Waals surface area contributed by atoms with Crippen LogP contribution >= 0.6 is 0 Å². The van der Waals surface area contributed by atoms with E-state index >= 15 is 0 Å². The monoisotopic (exact) mass is 224 g/mol. The molecule has 0 fully saturated rings. The Kier molecular flexibility index (Phi) is 4.16. The lowest BCUT2D eigenvalue weighted by atomic mass is 9.79. The maximum atomic E-state index is 11.3. The summed E-state index contributed by atoms with van der Waals surface area (Å²) in [4.78, 5) is 15.5. The molecule has 84 valence electrons. The molecule has 0 atom stereocenters. The van der Waals surface area contributed by atoms with Crippen molar-refractivity contribution in [1.82, 2.24) is 4.98 Å². The van der Waals surface area contributed by atoms with Gasteiger partial charge < -0.3 is 5.32 Å². The van der Waals surface area contributed by atoms with Crippen molar-refractivity contribution in [1.29, 1.82) is 0 Å². The first-order valence-corrected chi connectivity index (χ1v) is 5.37. The van der Waals surface area contributed by atoms with E-state index in [1.54, 1.807) is 0 Å². The molecule has 0 aromatic carbocycles. The molecule has 0 aliphatic rings. The Labute approximate surface area is 105 Å². The van der Waals surface area contributed by atoms with Crippen LogP contribution in [0.3, 0.4) is 0 Å². The van der Waals surface area contributed by atoms with E-state index in [0.29, 0.717) is 16.7 Å². The second-order valence-electron chi connectivity index (χ2n) is 4.15. The summed E-state index contributed by atoms with van der Waals surface area (Å²) in [5.74, 6) is 0.155. The van der Waals surface area contributed by atoms with Crippen LogP contribution in [0.25, 0.3) is 0 Å². The molecular weight excluding hydrogens is 210 g/mol. The van der Waals surface area contributed by atoms with Crippen LogP contribution in [0.4, 0.5) is 5.82 Å². The molecule has 17 heavy (non-hydrogen) atoms. The number of carbonyl (C=O) groups excluding carboxylic acids is 1. The van der Waals surface area contributed by atoms with Gasteiger partial charge in [0.25, 0.3) is 0 Å². The molecule has 1 aromatic rings. The van der Waals surface area contributed by atoms with Crippen LogP contribution in [0.1, 0.15) is 31.0 Å². The minimum absolute atomic E-state index is 0.161. The summed E-state index contributed by atoms with van der Waals surface area (Å²) < 4.78 is 0. The van der Waals surface area contributed by atoms with Gasteiger partial charge in [-0.05, 0) is 18.9 Å².